The van der Waals surface area contributed by atoms with Gasteiger partial charge in [0.2, 0.25) is 0 Å². The molecule has 0 aliphatic carbocycles. The van der Waals surface area contributed by atoms with Gasteiger partial charge in [-0.1, -0.05) is 11.6 Å². The number of carbonyl (C=O) groups is 1. The molecule has 1 atom stereocenters. The highest BCUT2D eigenvalue weighted by Gasteiger charge is 2.26. The largest absolute Gasteiger partial charge is 0.336 e. The Labute approximate surface area is 131 Å². The summed E-state index contributed by atoms with van der Waals surface area (Å²) in [6.07, 6.45) is 1.56. The van der Waals surface area contributed by atoms with Gasteiger partial charge in [0.15, 0.2) is 0 Å². The van der Waals surface area contributed by atoms with Crippen LogP contribution in [-0.4, -0.2) is 52.9 Å². The second-order valence-electron chi connectivity index (χ2n) is 4.63. The maximum absolute atomic E-state index is 12.4. The van der Waals surface area contributed by atoms with E-state index in [1.807, 2.05) is 6.92 Å². The van der Waals surface area contributed by atoms with Crippen molar-refractivity contribution in [3.05, 3.63) is 27.5 Å². The van der Waals surface area contributed by atoms with E-state index in [1.54, 1.807) is 17.2 Å². The summed E-state index contributed by atoms with van der Waals surface area (Å²) in [5.41, 5.74) is 0.405. The molecule has 2 rings (SSSR count). The molecule has 0 radical (unpaired) electrons. The van der Waals surface area contributed by atoms with Gasteiger partial charge in [-0.2, -0.15) is 5.26 Å². The van der Waals surface area contributed by atoms with Gasteiger partial charge in [-0.3, -0.25) is 9.69 Å². The van der Waals surface area contributed by atoms with Gasteiger partial charge in [0, 0.05) is 36.8 Å². The highest BCUT2D eigenvalue weighted by Crippen LogP contribution is 2.20. The molecule has 0 saturated carbocycles. The Kier molecular flexibility index (Phi) is 4.97. The molecule has 106 valence electrons. The first-order valence-corrected chi connectivity index (χ1v) is 7.44. The topological polar surface area (TPSA) is 60.2 Å². The molecule has 1 fully saturated rings. The monoisotopic (exact) mass is 356 g/mol. The van der Waals surface area contributed by atoms with Crippen LogP contribution in [-0.2, 0) is 0 Å². The normalized spacial score (nSPS) is 17.6. The molecule has 7 heteroatoms. The maximum atomic E-state index is 12.4. The molecule has 1 aliphatic rings. The van der Waals surface area contributed by atoms with Gasteiger partial charge in [0.1, 0.15) is 5.15 Å². The Balaban J connectivity index is 2.05. The predicted octanol–water partition coefficient (Wildman–Crippen LogP) is 2.17. The first-order chi connectivity index (χ1) is 9.52. The van der Waals surface area contributed by atoms with Gasteiger partial charge in [0.05, 0.1) is 17.7 Å². The number of aromatic nitrogens is 1. The van der Waals surface area contributed by atoms with Gasteiger partial charge in [-0.25, -0.2) is 4.98 Å². The zero-order chi connectivity index (χ0) is 14.7. The lowest BCUT2D eigenvalue weighted by Crippen LogP contribution is -2.51. The van der Waals surface area contributed by atoms with Crippen LogP contribution in [0.2, 0.25) is 5.15 Å². The van der Waals surface area contributed by atoms with Crippen molar-refractivity contribution < 1.29 is 4.79 Å². The fourth-order valence-corrected chi connectivity index (χ4v) is 2.65. The standard InChI is InChI=1S/C13H14BrClN4O/c1-9(7-16)18-2-4-19(5-3-18)13(20)11-6-10(14)8-17-12(11)15/h6,8-9H,2-5H2,1H3. The third-order valence-corrected chi connectivity index (χ3v) is 4.11. The Bertz CT molecular complexity index is 552. The fraction of sp³-hybridized carbons (Fsp3) is 0.462. The van der Waals surface area contributed by atoms with Crippen LogP contribution in [0, 0.1) is 11.3 Å². The molecule has 1 saturated heterocycles. The van der Waals surface area contributed by atoms with Gasteiger partial charge in [0.25, 0.3) is 5.91 Å². The van der Waals surface area contributed by atoms with Crippen molar-refractivity contribution in [3.8, 4) is 6.07 Å². The summed E-state index contributed by atoms with van der Waals surface area (Å²) in [5.74, 6) is -0.118. The molecule has 1 unspecified atom stereocenters. The number of carbonyl (C=O) groups excluding carboxylic acids is 1. The lowest BCUT2D eigenvalue weighted by molar-refractivity contribution is 0.0615. The summed E-state index contributed by atoms with van der Waals surface area (Å²) in [4.78, 5) is 20.2. The molecule has 1 amide bonds. The summed E-state index contributed by atoms with van der Waals surface area (Å²) in [5, 5.41) is 9.12. The molecule has 5 nitrogen and oxygen atoms in total. The summed E-state index contributed by atoms with van der Waals surface area (Å²) in [7, 11) is 0. The molecule has 0 aromatic carbocycles. The zero-order valence-electron chi connectivity index (χ0n) is 11.0. The summed E-state index contributed by atoms with van der Waals surface area (Å²) < 4.78 is 0.724. The molecule has 0 bridgehead atoms. The van der Waals surface area contributed by atoms with Crippen LogP contribution >= 0.6 is 27.5 Å². The summed E-state index contributed by atoms with van der Waals surface area (Å²) in [6.45, 7) is 4.44. The minimum Gasteiger partial charge on any atom is -0.336 e. The van der Waals surface area contributed by atoms with Crippen LogP contribution in [0.4, 0.5) is 0 Å². The zero-order valence-corrected chi connectivity index (χ0v) is 13.4. The third kappa shape index (κ3) is 3.29. The SMILES string of the molecule is CC(C#N)N1CCN(C(=O)c2cc(Br)cnc2Cl)CC1. The van der Waals surface area contributed by atoms with E-state index in [1.165, 1.54) is 0 Å². The van der Waals surface area contributed by atoms with Crippen LogP contribution in [0.5, 0.6) is 0 Å². The van der Waals surface area contributed by atoms with E-state index in [4.69, 9.17) is 16.9 Å². The van der Waals surface area contributed by atoms with Crippen molar-refractivity contribution in [1.82, 2.24) is 14.8 Å². The minimum absolute atomic E-state index is 0.118. The van der Waals surface area contributed by atoms with E-state index in [0.717, 1.165) is 4.47 Å². The van der Waals surface area contributed by atoms with Crippen LogP contribution in [0.15, 0.2) is 16.7 Å². The molecular formula is C13H14BrClN4O. The van der Waals surface area contributed by atoms with E-state index >= 15 is 0 Å². The molecule has 20 heavy (non-hydrogen) atoms. The molecule has 1 aromatic heterocycles. The molecule has 1 aliphatic heterocycles. The highest BCUT2D eigenvalue weighted by molar-refractivity contribution is 9.10. The molecule has 2 heterocycles. The number of nitrogens with zero attached hydrogens (tertiary/aromatic N) is 4. The second kappa shape index (κ2) is 6.53. The van der Waals surface area contributed by atoms with E-state index in [-0.39, 0.29) is 17.1 Å². The predicted molar refractivity (Wildman–Crippen MR) is 79.5 cm³/mol. The highest BCUT2D eigenvalue weighted by atomic mass is 79.9. The average Bonchev–Trinajstić information content (AvgIpc) is 2.48. The maximum Gasteiger partial charge on any atom is 0.257 e. The van der Waals surface area contributed by atoms with Crippen LogP contribution in [0.3, 0.4) is 0 Å². The van der Waals surface area contributed by atoms with E-state index in [2.05, 4.69) is 31.9 Å². The number of rotatable bonds is 2. The van der Waals surface area contributed by atoms with Crippen LogP contribution in [0.1, 0.15) is 17.3 Å². The number of pyridine rings is 1. The number of hydrogen-bond donors (Lipinski definition) is 0. The first kappa shape index (κ1) is 15.2. The molecule has 0 spiro atoms. The van der Waals surface area contributed by atoms with Crippen molar-refractivity contribution in [2.75, 3.05) is 26.2 Å². The van der Waals surface area contributed by atoms with Crippen molar-refractivity contribution in [2.45, 2.75) is 13.0 Å². The second-order valence-corrected chi connectivity index (χ2v) is 5.90. The Morgan fingerprint density at radius 1 is 1.50 bits per heavy atom. The van der Waals surface area contributed by atoms with Gasteiger partial charge >= 0.3 is 0 Å². The molecular weight excluding hydrogens is 344 g/mol. The van der Waals surface area contributed by atoms with Crippen molar-refractivity contribution in [1.29, 1.82) is 5.26 Å². The first-order valence-electron chi connectivity index (χ1n) is 6.27. The lowest BCUT2D eigenvalue weighted by atomic mass is 10.2. The Morgan fingerprint density at radius 2 is 2.15 bits per heavy atom. The van der Waals surface area contributed by atoms with Crippen LogP contribution in [0.25, 0.3) is 0 Å². The number of piperazine rings is 1. The van der Waals surface area contributed by atoms with Gasteiger partial charge < -0.3 is 4.90 Å². The lowest BCUT2D eigenvalue weighted by Gasteiger charge is -2.35. The van der Waals surface area contributed by atoms with E-state index in [0.29, 0.717) is 31.7 Å². The van der Waals surface area contributed by atoms with E-state index < -0.39 is 0 Å². The van der Waals surface area contributed by atoms with Crippen LogP contribution < -0.4 is 0 Å². The smallest absolute Gasteiger partial charge is 0.257 e. The van der Waals surface area contributed by atoms with Crippen molar-refractivity contribution in [2.24, 2.45) is 0 Å². The van der Waals surface area contributed by atoms with E-state index in [9.17, 15) is 4.79 Å². The quantitative estimate of drug-likeness (QED) is 0.761. The van der Waals surface area contributed by atoms with Gasteiger partial charge in [-0.15, -0.1) is 0 Å². The van der Waals surface area contributed by atoms with Crippen molar-refractivity contribution >= 4 is 33.4 Å². The van der Waals surface area contributed by atoms with Crippen molar-refractivity contribution in [3.63, 3.8) is 0 Å². The Morgan fingerprint density at radius 3 is 2.75 bits per heavy atom. The number of halogens is 2. The summed E-state index contributed by atoms with van der Waals surface area (Å²) in [6, 6.07) is 3.77. The fourth-order valence-electron chi connectivity index (χ4n) is 2.14. The number of nitriles is 1. The molecule has 1 aromatic rings. The minimum atomic E-state index is -0.122. The van der Waals surface area contributed by atoms with Gasteiger partial charge in [-0.05, 0) is 28.9 Å². The summed E-state index contributed by atoms with van der Waals surface area (Å²) >= 11 is 9.27. The molecule has 0 N–H and O–H groups in total. The number of amides is 1. The third-order valence-electron chi connectivity index (χ3n) is 3.37. The number of hydrogen-bond acceptors (Lipinski definition) is 4. The average molecular weight is 358 g/mol. The Hall–Kier alpha value is -1.16.